The van der Waals surface area contributed by atoms with Gasteiger partial charge in [0.1, 0.15) is 17.4 Å². The number of rotatable bonds is 3. The van der Waals surface area contributed by atoms with Gasteiger partial charge in [-0.3, -0.25) is 0 Å². The normalized spacial score (nSPS) is 15.0. The van der Waals surface area contributed by atoms with Crippen LogP contribution < -0.4 is 4.74 Å². The Bertz CT molecular complexity index is 754. The molecule has 0 aliphatic heterocycles. The molecule has 0 saturated carbocycles. The fraction of sp³-hybridized carbons (Fsp3) is 0.400. The van der Waals surface area contributed by atoms with Gasteiger partial charge in [0, 0.05) is 17.0 Å². The molecule has 0 heterocycles. The Balaban J connectivity index is 2.46. The van der Waals surface area contributed by atoms with Gasteiger partial charge in [-0.25, -0.2) is 8.78 Å². The third kappa shape index (κ3) is 2.02. The Kier molecular flexibility index (Phi) is 3.70. The summed E-state index contributed by atoms with van der Waals surface area (Å²) in [7, 11) is 1.62. The van der Waals surface area contributed by atoms with Gasteiger partial charge in [0.05, 0.1) is 7.11 Å². The molecule has 0 atom stereocenters. The fourth-order valence-electron chi connectivity index (χ4n) is 4.44. The van der Waals surface area contributed by atoms with E-state index in [9.17, 15) is 8.78 Å². The smallest absolute Gasteiger partial charge is 0.134 e. The molecular weight excluding hydrogens is 294 g/mol. The third-order valence-corrected chi connectivity index (χ3v) is 5.26. The van der Waals surface area contributed by atoms with E-state index >= 15 is 0 Å². The van der Waals surface area contributed by atoms with Crippen molar-refractivity contribution in [3.8, 4) is 16.9 Å². The highest BCUT2D eigenvalue weighted by molar-refractivity contribution is 5.82. The van der Waals surface area contributed by atoms with Gasteiger partial charge < -0.3 is 4.74 Å². The monoisotopic (exact) mass is 316 g/mol. The Hall–Kier alpha value is -1.90. The van der Waals surface area contributed by atoms with Gasteiger partial charge in [-0.1, -0.05) is 33.8 Å². The van der Waals surface area contributed by atoms with Gasteiger partial charge in [0.15, 0.2) is 0 Å². The van der Waals surface area contributed by atoms with Crippen LogP contribution in [-0.4, -0.2) is 7.11 Å². The first-order chi connectivity index (χ1) is 10.8. The van der Waals surface area contributed by atoms with E-state index in [0.29, 0.717) is 5.56 Å². The van der Waals surface area contributed by atoms with Crippen molar-refractivity contribution in [2.45, 2.75) is 33.1 Å². The number of halogens is 2. The summed E-state index contributed by atoms with van der Waals surface area (Å²) < 4.78 is 34.0. The van der Waals surface area contributed by atoms with Crippen molar-refractivity contribution in [1.29, 1.82) is 0 Å². The van der Waals surface area contributed by atoms with E-state index < -0.39 is 17.0 Å². The van der Waals surface area contributed by atoms with Crippen LogP contribution in [0.2, 0.25) is 0 Å². The number of ether oxygens (including phenoxy) is 1. The molecular formula is C20H22F2O. The molecule has 0 unspecified atom stereocenters. The molecule has 23 heavy (non-hydrogen) atoms. The minimum absolute atomic E-state index is 0.191. The molecule has 0 bridgehead atoms. The van der Waals surface area contributed by atoms with E-state index in [2.05, 4.69) is 27.7 Å². The number of benzene rings is 2. The van der Waals surface area contributed by atoms with Gasteiger partial charge in [0.2, 0.25) is 0 Å². The van der Waals surface area contributed by atoms with Crippen LogP contribution in [0.3, 0.4) is 0 Å². The molecule has 0 saturated heterocycles. The molecule has 3 heteroatoms. The van der Waals surface area contributed by atoms with E-state index in [1.807, 2.05) is 18.2 Å². The average Bonchev–Trinajstić information content (AvgIpc) is 2.77. The first-order valence-electron chi connectivity index (χ1n) is 8.02. The molecule has 0 aromatic heterocycles. The van der Waals surface area contributed by atoms with Crippen LogP contribution in [0.4, 0.5) is 8.78 Å². The second kappa shape index (κ2) is 5.33. The van der Waals surface area contributed by atoms with Crippen LogP contribution in [0.1, 0.15) is 38.8 Å². The summed E-state index contributed by atoms with van der Waals surface area (Å²) in [6, 6.07) is 8.18. The molecule has 0 amide bonds. The summed E-state index contributed by atoms with van der Waals surface area (Å²) in [6.07, 6.45) is 0. The van der Waals surface area contributed by atoms with Gasteiger partial charge in [0.25, 0.3) is 0 Å². The van der Waals surface area contributed by atoms with E-state index in [-0.39, 0.29) is 11.8 Å². The minimum Gasteiger partial charge on any atom is -0.497 e. The molecule has 1 nitrogen and oxygen atoms in total. The topological polar surface area (TPSA) is 9.23 Å². The molecule has 0 fully saturated rings. The third-order valence-electron chi connectivity index (χ3n) is 5.26. The zero-order valence-electron chi connectivity index (χ0n) is 14.2. The minimum atomic E-state index is -0.522. The highest BCUT2D eigenvalue weighted by Gasteiger charge is 2.49. The molecule has 0 spiro atoms. The standard InChI is InChI=1S/C20H22F2O/c1-11(2)20(12(3)4)16-10-14(23-5)6-7-15(16)19-17(20)8-13(21)9-18(19)22/h6-12H,1-5H3. The maximum Gasteiger partial charge on any atom is 0.134 e. The van der Waals surface area contributed by atoms with Crippen molar-refractivity contribution in [3.63, 3.8) is 0 Å². The van der Waals surface area contributed by atoms with E-state index in [0.717, 1.165) is 28.5 Å². The van der Waals surface area contributed by atoms with Gasteiger partial charge in [-0.05, 0) is 46.7 Å². The zero-order valence-corrected chi connectivity index (χ0v) is 14.2. The van der Waals surface area contributed by atoms with E-state index in [1.165, 1.54) is 6.07 Å². The highest BCUT2D eigenvalue weighted by Crippen LogP contribution is 2.57. The SMILES string of the molecule is COc1ccc2c(c1)C(C(C)C)(C(C)C)c1cc(F)cc(F)c1-2. The Morgan fingerprint density at radius 1 is 0.913 bits per heavy atom. The van der Waals surface area contributed by atoms with Crippen LogP contribution in [-0.2, 0) is 5.41 Å². The van der Waals surface area contributed by atoms with Crippen LogP contribution in [0, 0.1) is 23.5 Å². The quantitative estimate of drug-likeness (QED) is 0.721. The summed E-state index contributed by atoms with van der Waals surface area (Å²) in [4.78, 5) is 0. The molecule has 3 rings (SSSR count). The molecule has 1 aliphatic rings. The maximum absolute atomic E-state index is 14.6. The van der Waals surface area contributed by atoms with Gasteiger partial charge in [-0.15, -0.1) is 0 Å². The lowest BCUT2D eigenvalue weighted by atomic mass is 9.63. The lowest BCUT2D eigenvalue weighted by Crippen LogP contribution is -2.37. The summed E-state index contributed by atoms with van der Waals surface area (Å²) in [5.74, 6) is 0.107. The van der Waals surface area contributed by atoms with Crippen molar-refractivity contribution in [2.75, 3.05) is 7.11 Å². The lowest BCUT2D eigenvalue weighted by molar-refractivity contribution is 0.278. The van der Waals surface area contributed by atoms with E-state index in [1.54, 1.807) is 7.11 Å². The fourth-order valence-corrected chi connectivity index (χ4v) is 4.44. The maximum atomic E-state index is 14.6. The molecule has 2 aromatic rings. The average molecular weight is 316 g/mol. The number of methoxy groups -OCH3 is 1. The molecule has 122 valence electrons. The number of hydrogen-bond acceptors (Lipinski definition) is 1. The highest BCUT2D eigenvalue weighted by atomic mass is 19.1. The predicted octanol–water partition coefficient (Wildman–Crippen LogP) is 5.55. The van der Waals surface area contributed by atoms with Crippen LogP contribution in [0.15, 0.2) is 30.3 Å². The Morgan fingerprint density at radius 3 is 2.13 bits per heavy atom. The summed E-state index contributed by atoms with van der Waals surface area (Å²) in [5.41, 5.74) is 2.74. The molecule has 1 aliphatic carbocycles. The first-order valence-corrected chi connectivity index (χ1v) is 8.02. The first kappa shape index (κ1) is 16.0. The summed E-state index contributed by atoms with van der Waals surface area (Å²) in [6.45, 7) is 8.45. The zero-order chi connectivity index (χ0) is 16.9. The summed E-state index contributed by atoms with van der Waals surface area (Å²) >= 11 is 0. The molecule has 0 radical (unpaired) electrons. The van der Waals surface area contributed by atoms with Crippen molar-refractivity contribution >= 4 is 0 Å². The Labute approximate surface area is 136 Å². The van der Waals surface area contributed by atoms with Crippen molar-refractivity contribution in [2.24, 2.45) is 11.8 Å². The lowest BCUT2D eigenvalue weighted by Gasteiger charge is -2.40. The second-order valence-corrected chi connectivity index (χ2v) is 6.90. The number of fused-ring (bicyclic) bond motifs is 3. The predicted molar refractivity (Wildman–Crippen MR) is 88.8 cm³/mol. The summed E-state index contributed by atoms with van der Waals surface area (Å²) in [5, 5.41) is 0. The largest absolute Gasteiger partial charge is 0.497 e. The van der Waals surface area contributed by atoms with Crippen LogP contribution >= 0.6 is 0 Å². The number of hydrogen-bond donors (Lipinski definition) is 0. The van der Waals surface area contributed by atoms with Crippen LogP contribution in [0.5, 0.6) is 5.75 Å². The molecule has 2 aromatic carbocycles. The van der Waals surface area contributed by atoms with Crippen molar-refractivity contribution in [1.82, 2.24) is 0 Å². The Morgan fingerprint density at radius 2 is 1.57 bits per heavy atom. The van der Waals surface area contributed by atoms with Gasteiger partial charge >= 0.3 is 0 Å². The van der Waals surface area contributed by atoms with E-state index in [4.69, 9.17) is 4.74 Å². The van der Waals surface area contributed by atoms with Crippen LogP contribution in [0.25, 0.3) is 11.1 Å². The second-order valence-electron chi connectivity index (χ2n) is 6.90. The van der Waals surface area contributed by atoms with Gasteiger partial charge in [-0.2, -0.15) is 0 Å². The van der Waals surface area contributed by atoms with Crippen molar-refractivity contribution < 1.29 is 13.5 Å². The van der Waals surface area contributed by atoms with Crippen molar-refractivity contribution in [3.05, 3.63) is 53.1 Å². The molecule has 0 N–H and O–H groups in total.